The Morgan fingerprint density at radius 2 is 1.84 bits per heavy atom. The quantitative estimate of drug-likeness (QED) is 0.541. The molecule has 0 spiro atoms. The third-order valence-electron chi connectivity index (χ3n) is 11.0. The van der Waals surface area contributed by atoms with Crippen LogP contribution in [0.1, 0.15) is 96.4 Å². The Hall–Kier alpha value is -1.05. The van der Waals surface area contributed by atoms with Crippen LogP contribution >= 0.6 is 0 Å². The van der Waals surface area contributed by atoms with E-state index in [9.17, 15) is 5.11 Å². The van der Waals surface area contributed by atoms with Crippen molar-refractivity contribution in [3.63, 3.8) is 0 Å². The van der Waals surface area contributed by atoms with Crippen molar-refractivity contribution in [3.05, 3.63) is 23.5 Å². The van der Waals surface area contributed by atoms with Gasteiger partial charge in [0.05, 0.1) is 5.69 Å². The zero-order valence-corrected chi connectivity index (χ0v) is 20.4. The molecule has 0 amide bonds. The van der Waals surface area contributed by atoms with Gasteiger partial charge in [-0.2, -0.15) is 0 Å². The van der Waals surface area contributed by atoms with Gasteiger partial charge in [0.15, 0.2) is 0 Å². The number of aryl methyl sites for hydroxylation is 1. The van der Waals surface area contributed by atoms with Gasteiger partial charge in [-0.3, -0.25) is 4.98 Å². The molecule has 4 saturated carbocycles. The van der Waals surface area contributed by atoms with Crippen LogP contribution < -0.4 is 0 Å². The molecule has 0 saturated heterocycles. The number of aromatic nitrogens is 1. The normalized spacial score (nSPS) is 43.0. The van der Waals surface area contributed by atoms with E-state index in [2.05, 4.69) is 25.8 Å². The number of aromatic hydroxyl groups is 1. The molecule has 0 aliphatic heterocycles. The van der Waals surface area contributed by atoms with Crippen LogP contribution in [0.25, 0.3) is 0 Å². The van der Waals surface area contributed by atoms with E-state index in [1.54, 1.807) is 6.42 Å². The van der Waals surface area contributed by atoms with Crippen molar-refractivity contribution in [2.24, 2.45) is 52.8 Å². The molecule has 1 N–H and O–H groups in total. The summed E-state index contributed by atoms with van der Waals surface area (Å²) in [5.41, 5.74) is 2.44. The highest BCUT2D eigenvalue weighted by atomic mass is 16.3. The molecule has 172 valence electrons. The van der Waals surface area contributed by atoms with Gasteiger partial charge in [-0.05, 0) is 130 Å². The van der Waals surface area contributed by atoms with Gasteiger partial charge < -0.3 is 5.11 Å². The molecule has 9 unspecified atom stereocenters. The number of hydrogen-bond acceptors (Lipinski definition) is 2. The fourth-order valence-corrected chi connectivity index (χ4v) is 9.50. The molecule has 4 aliphatic carbocycles. The first kappa shape index (κ1) is 21.8. The van der Waals surface area contributed by atoms with Crippen LogP contribution in [0.5, 0.6) is 5.75 Å². The summed E-state index contributed by atoms with van der Waals surface area (Å²) in [4.78, 5) is 4.68. The van der Waals surface area contributed by atoms with Crippen LogP contribution in [-0.4, -0.2) is 10.1 Å². The standard InChI is InChI=1S/C29H45NO/c1-5-20-7-9-22-21(17-20)8-10-24-23(22)14-15-29(4)25(11-12-26(24)29)18(2)16-27-28(31)13-6-19(3)30-27/h6,13,18,20-26,31H,5,7-12,14-17H2,1-4H3. The summed E-state index contributed by atoms with van der Waals surface area (Å²) in [6, 6.07) is 3.75. The van der Waals surface area contributed by atoms with Crippen LogP contribution in [0.4, 0.5) is 0 Å². The zero-order chi connectivity index (χ0) is 21.8. The van der Waals surface area contributed by atoms with Crippen LogP contribution in [0.15, 0.2) is 12.1 Å². The monoisotopic (exact) mass is 423 g/mol. The molecule has 2 heteroatoms. The Morgan fingerprint density at radius 3 is 2.65 bits per heavy atom. The van der Waals surface area contributed by atoms with Crippen molar-refractivity contribution in [2.45, 2.75) is 98.3 Å². The molecule has 9 atom stereocenters. The third kappa shape index (κ3) is 3.74. The Morgan fingerprint density at radius 1 is 1.03 bits per heavy atom. The predicted octanol–water partition coefficient (Wildman–Crippen LogP) is 7.57. The van der Waals surface area contributed by atoms with E-state index in [1.165, 1.54) is 57.8 Å². The minimum atomic E-state index is 0.391. The molecule has 31 heavy (non-hydrogen) atoms. The molecule has 1 aromatic rings. The van der Waals surface area contributed by atoms with E-state index in [0.717, 1.165) is 59.2 Å². The molecular formula is C29H45NO. The molecule has 1 aromatic heterocycles. The predicted molar refractivity (Wildman–Crippen MR) is 128 cm³/mol. The third-order valence-corrected chi connectivity index (χ3v) is 11.0. The second kappa shape index (κ2) is 8.38. The number of fused-ring (bicyclic) bond motifs is 5. The SMILES string of the molecule is CCC1CCC2C(CCC3C2CCC2(C)C(C(C)Cc4nc(C)ccc4O)CCC32)C1. The van der Waals surface area contributed by atoms with Crippen molar-refractivity contribution < 1.29 is 5.11 Å². The average molecular weight is 424 g/mol. The van der Waals surface area contributed by atoms with Crippen molar-refractivity contribution in [2.75, 3.05) is 0 Å². The van der Waals surface area contributed by atoms with Gasteiger partial charge in [0.1, 0.15) is 5.75 Å². The fraction of sp³-hybridized carbons (Fsp3) is 0.828. The van der Waals surface area contributed by atoms with Crippen LogP contribution in [-0.2, 0) is 6.42 Å². The summed E-state index contributed by atoms with van der Waals surface area (Å²) in [5.74, 6) is 7.88. The summed E-state index contributed by atoms with van der Waals surface area (Å²) >= 11 is 0. The van der Waals surface area contributed by atoms with Crippen LogP contribution in [0, 0.1) is 59.7 Å². The lowest BCUT2D eigenvalue weighted by Crippen LogP contribution is -2.49. The highest BCUT2D eigenvalue weighted by Crippen LogP contribution is 2.65. The lowest BCUT2D eigenvalue weighted by Gasteiger charge is -2.57. The van der Waals surface area contributed by atoms with Crippen molar-refractivity contribution in [1.82, 2.24) is 4.98 Å². The van der Waals surface area contributed by atoms with Gasteiger partial charge in [0, 0.05) is 5.69 Å². The maximum atomic E-state index is 10.4. The van der Waals surface area contributed by atoms with Crippen LogP contribution in [0.3, 0.4) is 0 Å². The molecular weight excluding hydrogens is 378 g/mol. The number of hydrogen-bond donors (Lipinski definition) is 1. The van der Waals surface area contributed by atoms with E-state index in [0.29, 0.717) is 17.1 Å². The number of pyridine rings is 1. The van der Waals surface area contributed by atoms with Gasteiger partial charge >= 0.3 is 0 Å². The van der Waals surface area contributed by atoms with E-state index in [1.807, 2.05) is 19.1 Å². The first-order valence-electron chi connectivity index (χ1n) is 13.6. The smallest absolute Gasteiger partial charge is 0.137 e. The Kier molecular flexibility index (Phi) is 5.89. The minimum Gasteiger partial charge on any atom is -0.506 e. The van der Waals surface area contributed by atoms with E-state index in [4.69, 9.17) is 0 Å². The Bertz CT molecular complexity index is 789. The van der Waals surface area contributed by atoms with Crippen LogP contribution in [0.2, 0.25) is 0 Å². The van der Waals surface area contributed by atoms with Crippen molar-refractivity contribution in [1.29, 1.82) is 0 Å². The zero-order valence-electron chi connectivity index (χ0n) is 20.4. The molecule has 4 aliphatic rings. The maximum Gasteiger partial charge on any atom is 0.137 e. The molecule has 0 radical (unpaired) electrons. The lowest BCUT2D eigenvalue weighted by molar-refractivity contribution is -0.0738. The van der Waals surface area contributed by atoms with Gasteiger partial charge in [0.2, 0.25) is 0 Å². The van der Waals surface area contributed by atoms with Gasteiger partial charge in [-0.15, -0.1) is 0 Å². The summed E-state index contributed by atoms with van der Waals surface area (Å²) in [7, 11) is 0. The molecule has 2 nitrogen and oxygen atoms in total. The van der Waals surface area contributed by atoms with Gasteiger partial charge in [0.25, 0.3) is 0 Å². The minimum absolute atomic E-state index is 0.391. The largest absolute Gasteiger partial charge is 0.506 e. The first-order valence-corrected chi connectivity index (χ1v) is 13.6. The van der Waals surface area contributed by atoms with Crippen molar-refractivity contribution >= 4 is 0 Å². The lowest BCUT2D eigenvalue weighted by atomic mass is 9.48. The van der Waals surface area contributed by atoms with Gasteiger partial charge in [-0.1, -0.05) is 33.6 Å². The summed E-state index contributed by atoms with van der Waals surface area (Å²) in [6.07, 6.45) is 15.7. The Labute approximate surface area is 190 Å². The number of nitrogens with zero attached hydrogens (tertiary/aromatic N) is 1. The first-order chi connectivity index (χ1) is 14.9. The van der Waals surface area contributed by atoms with E-state index >= 15 is 0 Å². The highest BCUT2D eigenvalue weighted by molar-refractivity contribution is 5.28. The fourth-order valence-electron chi connectivity index (χ4n) is 9.50. The Balaban J connectivity index is 1.30. The summed E-state index contributed by atoms with van der Waals surface area (Å²) < 4.78 is 0. The van der Waals surface area contributed by atoms with E-state index in [-0.39, 0.29) is 0 Å². The molecule has 0 aromatic carbocycles. The maximum absolute atomic E-state index is 10.4. The van der Waals surface area contributed by atoms with Gasteiger partial charge in [-0.25, -0.2) is 0 Å². The molecule has 0 bridgehead atoms. The molecule has 5 rings (SSSR count). The highest BCUT2D eigenvalue weighted by Gasteiger charge is 2.57. The molecule has 4 fully saturated rings. The molecule has 1 heterocycles. The second-order valence-corrected chi connectivity index (χ2v) is 12.4. The number of rotatable bonds is 4. The van der Waals surface area contributed by atoms with E-state index < -0.39 is 0 Å². The van der Waals surface area contributed by atoms with Crippen molar-refractivity contribution in [3.8, 4) is 5.75 Å². The average Bonchev–Trinajstić information content (AvgIpc) is 3.13. The summed E-state index contributed by atoms with van der Waals surface area (Å²) in [5, 5.41) is 10.4. The topological polar surface area (TPSA) is 33.1 Å². The summed E-state index contributed by atoms with van der Waals surface area (Å²) in [6.45, 7) is 9.54. The second-order valence-electron chi connectivity index (χ2n) is 12.4.